The lowest BCUT2D eigenvalue weighted by atomic mass is 10.1. The molecule has 0 saturated carbocycles. The predicted molar refractivity (Wildman–Crippen MR) is 77.0 cm³/mol. The van der Waals surface area contributed by atoms with Gasteiger partial charge in [0, 0.05) is 19.2 Å². The molecule has 0 aromatic rings. The van der Waals surface area contributed by atoms with Gasteiger partial charge in [0.2, 0.25) is 5.91 Å². The third-order valence-corrected chi connectivity index (χ3v) is 2.41. The van der Waals surface area contributed by atoms with E-state index in [1.807, 2.05) is 20.8 Å². The fourth-order valence-corrected chi connectivity index (χ4v) is 1.44. The number of hydrogen-bond acceptors (Lipinski definition) is 4. The summed E-state index contributed by atoms with van der Waals surface area (Å²) >= 11 is 0. The highest BCUT2D eigenvalue weighted by Crippen LogP contribution is 2.00. The van der Waals surface area contributed by atoms with Crippen LogP contribution in [0.3, 0.4) is 0 Å². The Bertz CT molecular complexity index is 378. The molecule has 0 fully saturated rings. The summed E-state index contributed by atoms with van der Waals surface area (Å²) in [6, 6.07) is -1.39. The first kappa shape index (κ1) is 19.2. The summed E-state index contributed by atoms with van der Waals surface area (Å²) in [6.45, 7) is 6.90. The van der Waals surface area contributed by atoms with E-state index in [-0.39, 0.29) is 19.1 Å². The van der Waals surface area contributed by atoms with Crippen LogP contribution in [0.1, 0.15) is 27.7 Å². The van der Waals surface area contributed by atoms with E-state index in [4.69, 9.17) is 9.84 Å². The van der Waals surface area contributed by atoms with Gasteiger partial charge in [0.05, 0.1) is 6.61 Å². The first-order valence-electron chi connectivity index (χ1n) is 6.65. The van der Waals surface area contributed by atoms with Gasteiger partial charge in [0.1, 0.15) is 12.6 Å². The number of carboxylic acid groups (broad SMARTS) is 1. The molecule has 0 aromatic carbocycles. The smallest absolute Gasteiger partial charge is 0.323 e. The summed E-state index contributed by atoms with van der Waals surface area (Å²) in [5.74, 6) is -1.47. The van der Waals surface area contributed by atoms with Crippen LogP contribution in [0, 0.1) is 0 Å². The molecule has 3 amide bonds. The van der Waals surface area contributed by atoms with E-state index in [1.54, 1.807) is 0 Å². The predicted octanol–water partition coefficient (Wildman–Crippen LogP) is 0.0322. The topological polar surface area (TPSA) is 108 Å². The molecule has 21 heavy (non-hydrogen) atoms. The Morgan fingerprint density at radius 2 is 1.86 bits per heavy atom. The standard InChI is InChI=1S/C13H25N3O5/c1-9(11(19)15-13(2,3)4)14-12(20)16(6-7-21-5)8-10(17)18/h9H,6-8H2,1-5H3,(H,14,20)(H,15,19)(H,17,18). The highest BCUT2D eigenvalue weighted by atomic mass is 16.5. The largest absolute Gasteiger partial charge is 0.480 e. The van der Waals surface area contributed by atoms with E-state index < -0.39 is 30.1 Å². The van der Waals surface area contributed by atoms with Gasteiger partial charge < -0.3 is 25.4 Å². The molecule has 0 spiro atoms. The van der Waals surface area contributed by atoms with Gasteiger partial charge in [-0.2, -0.15) is 0 Å². The molecule has 122 valence electrons. The number of nitrogens with one attached hydrogen (secondary N) is 2. The molecular formula is C13H25N3O5. The second kappa shape index (κ2) is 8.46. The minimum Gasteiger partial charge on any atom is -0.480 e. The fourth-order valence-electron chi connectivity index (χ4n) is 1.44. The van der Waals surface area contributed by atoms with Crippen LogP contribution in [0.2, 0.25) is 0 Å². The first-order valence-corrected chi connectivity index (χ1v) is 6.65. The SMILES string of the molecule is COCCN(CC(=O)O)C(=O)NC(C)C(=O)NC(C)(C)C. The molecule has 8 heteroatoms. The molecule has 0 aliphatic heterocycles. The molecule has 0 radical (unpaired) electrons. The van der Waals surface area contributed by atoms with Crippen molar-refractivity contribution < 1.29 is 24.2 Å². The Morgan fingerprint density at radius 3 is 2.29 bits per heavy atom. The Hall–Kier alpha value is -1.83. The average molecular weight is 303 g/mol. The van der Waals surface area contributed by atoms with E-state index in [9.17, 15) is 14.4 Å². The van der Waals surface area contributed by atoms with Gasteiger partial charge in [0.15, 0.2) is 0 Å². The van der Waals surface area contributed by atoms with Crippen LogP contribution >= 0.6 is 0 Å². The molecule has 1 atom stereocenters. The number of urea groups is 1. The van der Waals surface area contributed by atoms with Crippen molar-refractivity contribution in [2.45, 2.75) is 39.3 Å². The number of hydrogen-bond donors (Lipinski definition) is 3. The summed E-state index contributed by atoms with van der Waals surface area (Å²) in [6.07, 6.45) is 0. The number of rotatable bonds is 7. The molecule has 3 N–H and O–H groups in total. The average Bonchev–Trinajstić information content (AvgIpc) is 2.31. The summed E-state index contributed by atoms with van der Waals surface area (Å²) in [4.78, 5) is 35.7. The third kappa shape index (κ3) is 8.85. The van der Waals surface area contributed by atoms with Gasteiger partial charge in [-0.15, -0.1) is 0 Å². The highest BCUT2D eigenvalue weighted by molar-refractivity contribution is 5.88. The van der Waals surface area contributed by atoms with Gasteiger partial charge in [-0.25, -0.2) is 4.79 Å². The van der Waals surface area contributed by atoms with Crippen molar-refractivity contribution >= 4 is 17.9 Å². The number of aliphatic carboxylic acids is 1. The van der Waals surface area contributed by atoms with E-state index in [0.29, 0.717) is 0 Å². The maximum atomic E-state index is 12.0. The van der Waals surface area contributed by atoms with Gasteiger partial charge in [-0.3, -0.25) is 9.59 Å². The van der Waals surface area contributed by atoms with Crippen molar-refractivity contribution in [3.8, 4) is 0 Å². The van der Waals surface area contributed by atoms with Crippen molar-refractivity contribution in [3.05, 3.63) is 0 Å². The van der Waals surface area contributed by atoms with Gasteiger partial charge in [-0.05, 0) is 27.7 Å². The molecule has 0 aliphatic rings. The molecule has 1 unspecified atom stereocenters. The highest BCUT2D eigenvalue weighted by Gasteiger charge is 2.23. The maximum absolute atomic E-state index is 12.0. The molecule has 0 heterocycles. The van der Waals surface area contributed by atoms with Crippen LogP contribution in [0.4, 0.5) is 4.79 Å². The summed E-state index contributed by atoms with van der Waals surface area (Å²) in [5, 5.41) is 14.0. The molecule has 0 aromatic heterocycles. The quantitative estimate of drug-likeness (QED) is 0.615. The summed E-state index contributed by atoms with van der Waals surface area (Å²) in [7, 11) is 1.45. The van der Waals surface area contributed by atoms with Crippen molar-refractivity contribution in [1.29, 1.82) is 0 Å². The number of carboxylic acids is 1. The summed E-state index contributed by atoms with van der Waals surface area (Å²) < 4.78 is 4.83. The molecule has 0 aliphatic carbocycles. The second-order valence-electron chi connectivity index (χ2n) is 5.72. The number of amides is 3. The number of nitrogens with zero attached hydrogens (tertiary/aromatic N) is 1. The monoisotopic (exact) mass is 303 g/mol. The molecule has 0 bridgehead atoms. The van der Waals surface area contributed by atoms with Crippen LogP contribution in [0.15, 0.2) is 0 Å². The Balaban J connectivity index is 4.58. The zero-order valence-corrected chi connectivity index (χ0v) is 13.2. The minimum atomic E-state index is -1.13. The zero-order valence-electron chi connectivity index (χ0n) is 13.2. The Kier molecular flexibility index (Phi) is 7.72. The van der Waals surface area contributed by atoms with Crippen molar-refractivity contribution in [2.75, 3.05) is 26.8 Å². The number of carbonyl (C=O) groups excluding carboxylic acids is 2. The van der Waals surface area contributed by atoms with E-state index >= 15 is 0 Å². The lowest BCUT2D eigenvalue weighted by Gasteiger charge is -2.26. The number of methoxy groups -OCH3 is 1. The zero-order chi connectivity index (χ0) is 16.6. The minimum absolute atomic E-state index is 0.127. The van der Waals surface area contributed by atoms with Crippen molar-refractivity contribution in [3.63, 3.8) is 0 Å². The fraction of sp³-hybridized carbons (Fsp3) is 0.769. The van der Waals surface area contributed by atoms with Gasteiger partial charge in [0.25, 0.3) is 0 Å². The Morgan fingerprint density at radius 1 is 1.29 bits per heavy atom. The molecular weight excluding hydrogens is 278 g/mol. The van der Waals surface area contributed by atoms with Crippen LogP contribution in [-0.4, -0.2) is 66.3 Å². The normalized spacial score (nSPS) is 12.4. The Labute approximate surface area is 124 Å². The molecule has 0 saturated heterocycles. The lowest BCUT2D eigenvalue weighted by Crippen LogP contribution is -2.54. The van der Waals surface area contributed by atoms with Crippen molar-refractivity contribution in [1.82, 2.24) is 15.5 Å². The number of carbonyl (C=O) groups is 3. The maximum Gasteiger partial charge on any atom is 0.323 e. The first-order chi connectivity index (χ1) is 9.56. The van der Waals surface area contributed by atoms with E-state index in [0.717, 1.165) is 4.90 Å². The van der Waals surface area contributed by atoms with Gasteiger partial charge in [-0.1, -0.05) is 0 Å². The van der Waals surface area contributed by atoms with E-state index in [2.05, 4.69) is 10.6 Å². The van der Waals surface area contributed by atoms with Crippen LogP contribution in [-0.2, 0) is 14.3 Å². The van der Waals surface area contributed by atoms with Crippen molar-refractivity contribution in [2.24, 2.45) is 0 Å². The van der Waals surface area contributed by atoms with Crippen LogP contribution < -0.4 is 10.6 Å². The molecule has 0 rings (SSSR count). The molecule has 8 nitrogen and oxygen atoms in total. The summed E-state index contributed by atoms with van der Waals surface area (Å²) in [5.41, 5.74) is -0.410. The third-order valence-electron chi connectivity index (χ3n) is 2.41. The van der Waals surface area contributed by atoms with Crippen LogP contribution in [0.25, 0.3) is 0 Å². The number of ether oxygens (including phenoxy) is 1. The van der Waals surface area contributed by atoms with Crippen LogP contribution in [0.5, 0.6) is 0 Å². The second-order valence-corrected chi connectivity index (χ2v) is 5.72. The lowest BCUT2D eigenvalue weighted by molar-refractivity contribution is -0.137. The van der Waals surface area contributed by atoms with E-state index in [1.165, 1.54) is 14.0 Å². The van der Waals surface area contributed by atoms with Gasteiger partial charge >= 0.3 is 12.0 Å².